The van der Waals surface area contributed by atoms with Crippen LogP contribution in [-0.4, -0.2) is 18.2 Å². The Hall–Kier alpha value is -2.42. The lowest BCUT2D eigenvalue weighted by Gasteiger charge is -2.20. The zero-order chi connectivity index (χ0) is 13.6. The second-order valence-corrected chi connectivity index (χ2v) is 4.64. The van der Waals surface area contributed by atoms with E-state index in [1.165, 1.54) is 11.1 Å². The first-order valence-electron chi connectivity index (χ1n) is 6.70. The normalized spacial score (nSPS) is 17.8. The van der Waals surface area contributed by atoms with Crippen LogP contribution in [0.3, 0.4) is 0 Å². The van der Waals surface area contributed by atoms with Crippen molar-refractivity contribution in [3.8, 4) is 0 Å². The SMILES string of the molecule is c1ccc(CN=C2COC2=NCc2ccccc2)cc1. The highest BCUT2D eigenvalue weighted by atomic mass is 16.5. The fourth-order valence-electron chi connectivity index (χ4n) is 1.97. The second kappa shape index (κ2) is 6.15. The van der Waals surface area contributed by atoms with Crippen LogP contribution in [0.1, 0.15) is 11.1 Å². The minimum Gasteiger partial charge on any atom is -0.470 e. The van der Waals surface area contributed by atoms with Crippen LogP contribution in [0.25, 0.3) is 0 Å². The molecule has 0 aliphatic carbocycles. The molecule has 0 N–H and O–H groups in total. The van der Waals surface area contributed by atoms with Crippen molar-refractivity contribution in [2.75, 3.05) is 6.61 Å². The third-order valence-electron chi connectivity index (χ3n) is 3.14. The third-order valence-corrected chi connectivity index (χ3v) is 3.14. The highest BCUT2D eigenvalue weighted by Gasteiger charge is 2.21. The van der Waals surface area contributed by atoms with Gasteiger partial charge in [-0.05, 0) is 11.1 Å². The molecule has 1 aliphatic rings. The minimum atomic E-state index is 0.570. The number of hydrogen-bond donors (Lipinski definition) is 0. The zero-order valence-corrected chi connectivity index (χ0v) is 11.2. The fraction of sp³-hybridized carbons (Fsp3) is 0.176. The Morgan fingerprint density at radius 1 is 0.750 bits per heavy atom. The second-order valence-electron chi connectivity index (χ2n) is 4.64. The van der Waals surface area contributed by atoms with Gasteiger partial charge < -0.3 is 4.74 Å². The lowest BCUT2D eigenvalue weighted by Crippen LogP contribution is -2.35. The Morgan fingerprint density at radius 2 is 1.30 bits per heavy atom. The topological polar surface area (TPSA) is 34.0 Å². The fourth-order valence-corrected chi connectivity index (χ4v) is 1.97. The maximum atomic E-state index is 5.37. The Labute approximate surface area is 118 Å². The number of benzene rings is 2. The van der Waals surface area contributed by atoms with Gasteiger partial charge in [0.15, 0.2) is 0 Å². The predicted octanol–water partition coefficient (Wildman–Crippen LogP) is 3.26. The first kappa shape index (κ1) is 12.6. The monoisotopic (exact) mass is 264 g/mol. The summed E-state index contributed by atoms with van der Waals surface area (Å²) in [5.74, 6) is 0.685. The maximum Gasteiger partial charge on any atom is 0.234 e. The average molecular weight is 264 g/mol. The zero-order valence-electron chi connectivity index (χ0n) is 11.2. The molecule has 1 saturated heterocycles. The van der Waals surface area contributed by atoms with Gasteiger partial charge in [-0.25, -0.2) is 4.99 Å². The highest BCUT2D eigenvalue weighted by molar-refractivity contribution is 6.44. The number of nitrogens with zero attached hydrogens (tertiary/aromatic N) is 2. The largest absolute Gasteiger partial charge is 0.470 e. The molecule has 1 heterocycles. The molecule has 3 rings (SSSR count). The first-order valence-corrected chi connectivity index (χ1v) is 6.70. The molecule has 2 aromatic rings. The summed E-state index contributed by atoms with van der Waals surface area (Å²) in [5, 5.41) is 0. The average Bonchev–Trinajstić information content (AvgIpc) is 2.49. The van der Waals surface area contributed by atoms with Crippen LogP contribution in [0.4, 0.5) is 0 Å². The van der Waals surface area contributed by atoms with E-state index in [4.69, 9.17) is 4.74 Å². The first-order chi connectivity index (χ1) is 9.92. The predicted molar refractivity (Wildman–Crippen MR) is 81.1 cm³/mol. The number of rotatable bonds is 4. The number of aliphatic imine (C=N–C) groups is 2. The van der Waals surface area contributed by atoms with Gasteiger partial charge in [0.25, 0.3) is 0 Å². The molecule has 20 heavy (non-hydrogen) atoms. The smallest absolute Gasteiger partial charge is 0.234 e. The third kappa shape index (κ3) is 3.12. The van der Waals surface area contributed by atoms with Crippen molar-refractivity contribution in [2.45, 2.75) is 13.1 Å². The van der Waals surface area contributed by atoms with Crippen molar-refractivity contribution in [1.82, 2.24) is 0 Å². The molecule has 1 fully saturated rings. The molecule has 0 spiro atoms. The van der Waals surface area contributed by atoms with E-state index in [9.17, 15) is 0 Å². The van der Waals surface area contributed by atoms with E-state index in [1.54, 1.807) is 0 Å². The number of hydrogen-bond acceptors (Lipinski definition) is 3. The van der Waals surface area contributed by atoms with E-state index in [1.807, 2.05) is 36.4 Å². The van der Waals surface area contributed by atoms with Crippen LogP contribution in [0, 0.1) is 0 Å². The summed E-state index contributed by atoms with van der Waals surface area (Å²) in [5.41, 5.74) is 3.34. The van der Waals surface area contributed by atoms with Gasteiger partial charge in [-0.15, -0.1) is 0 Å². The summed E-state index contributed by atoms with van der Waals surface area (Å²) in [6.07, 6.45) is 0. The van der Waals surface area contributed by atoms with Gasteiger partial charge in [0.2, 0.25) is 5.90 Å². The van der Waals surface area contributed by atoms with Crippen LogP contribution in [0.2, 0.25) is 0 Å². The summed E-state index contributed by atoms with van der Waals surface area (Å²) in [7, 11) is 0. The minimum absolute atomic E-state index is 0.570. The van der Waals surface area contributed by atoms with Gasteiger partial charge in [0.05, 0.1) is 13.1 Å². The lowest BCUT2D eigenvalue weighted by molar-refractivity contribution is 0.331. The molecule has 2 aromatic carbocycles. The van der Waals surface area contributed by atoms with Crippen molar-refractivity contribution in [2.24, 2.45) is 9.98 Å². The van der Waals surface area contributed by atoms with Gasteiger partial charge in [-0.1, -0.05) is 60.7 Å². The van der Waals surface area contributed by atoms with E-state index in [-0.39, 0.29) is 0 Å². The molecule has 0 aromatic heterocycles. The van der Waals surface area contributed by atoms with Gasteiger partial charge in [0, 0.05) is 0 Å². The van der Waals surface area contributed by atoms with Crippen molar-refractivity contribution in [3.05, 3.63) is 71.8 Å². The van der Waals surface area contributed by atoms with Crippen molar-refractivity contribution in [3.63, 3.8) is 0 Å². The van der Waals surface area contributed by atoms with Crippen LogP contribution >= 0.6 is 0 Å². The molecule has 0 amide bonds. The summed E-state index contributed by atoms with van der Waals surface area (Å²) in [6.45, 7) is 1.89. The van der Waals surface area contributed by atoms with E-state index >= 15 is 0 Å². The van der Waals surface area contributed by atoms with Crippen molar-refractivity contribution >= 4 is 11.6 Å². The van der Waals surface area contributed by atoms with Crippen molar-refractivity contribution < 1.29 is 4.74 Å². The highest BCUT2D eigenvalue weighted by Crippen LogP contribution is 2.08. The van der Waals surface area contributed by atoms with Crippen LogP contribution < -0.4 is 0 Å². The van der Waals surface area contributed by atoms with E-state index in [0.29, 0.717) is 25.6 Å². The molecule has 0 atom stereocenters. The summed E-state index contributed by atoms with van der Waals surface area (Å²) in [6, 6.07) is 20.4. The Bertz CT molecular complexity index is 560. The lowest BCUT2D eigenvalue weighted by atomic mass is 10.2. The van der Waals surface area contributed by atoms with Gasteiger partial charge in [-0.3, -0.25) is 4.99 Å². The van der Waals surface area contributed by atoms with Gasteiger partial charge >= 0.3 is 0 Å². The Morgan fingerprint density at radius 3 is 1.80 bits per heavy atom. The summed E-state index contributed by atoms with van der Waals surface area (Å²) in [4.78, 5) is 9.01. The maximum absolute atomic E-state index is 5.37. The molecule has 0 bridgehead atoms. The molecule has 0 saturated carbocycles. The summed E-state index contributed by atoms with van der Waals surface area (Å²) >= 11 is 0. The molecular weight excluding hydrogens is 248 g/mol. The van der Waals surface area contributed by atoms with Gasteiger partial charge in [-0.2, -0.15) is 0 Å². The van der Waals surface area contributed by atoms with E-state index < -0.39 is 0 Å². The standard InChI is InChI=1S/C17H16N2O/c1-3-7-14(8-4-1)11-18-16-13-20-17(16)19-12-15-9-5-2-6-10-15/h1-10H,11-13H2. The van der Waals surface area contributed by atoms with Crippen LogP contribution in [0.5, 0.6) is 0 Å². The molecule has 0 unspecified atom stereocenters. The van der Waals surface area contributed by atoms with Gasteiger partial charge in [0.1, 0.15) is 12.3 Å². The number of ether oxygens (including phenoxy) is 1. The van der Waals surface area contributed by atoms with E-state index in [2.05, 4.69) is 34.3 Å². The summed E-state index contributed by atoms with van der Waals surface area (Å²) < 4.78 is 5.37. The molecule has 3 nitrogen and oxygen atoms in total. The molecular formula is C17H16N2O. The Balaban J connectivity index is 1.61. The quantitative estimate of drug-likeness (QED) is 0.834. The molecule has 3 heteroatoms. The molecule has 0 radical (unpaired) electrons. The molecule has 1 aliphatic heterocycles. The molecule has 100 valence electrons. The van der Waals surface area contributed by atoms with Crippen molar-refractivity contribution in [1.29, 1.82) is 0 Å². The van der Waals surface area contributed by atoms with Crippen LogP contribution in [0.15, 0.2) is 70.6 Å². The van der Waals surface area contributed by atoms with E-state index in [0.717, 1.165) is 5.71 Å². The Kier molecular flexibility index (Phi) is 3.88. The van der Waals surface area contributed by atoms with Crippen LogP contribution in [-0.2, 0) is 17.8 Å².